The maximum absolute atomic E-state index is 4.29. The molecule has 3 heteroatoms. The van der Waals surface area contributed by atoms with E-state index in [-0.39, 0.29) is 0 Å². The summed E-state index contributed by atoms with van der Waals surface area (Å²) in [5.41, 5.74) is 2.77. The van der Waals surface area contributed by atoms with Gasteiger partial charge in [0.15, 0.2) is 0 Å². The van der Waals surface area contributed by atoms with E-state index < -0.39 is 0 Å². The molecule has 0 bridgehead atoms. The van der Waals surface area contributed by atoms with Crippen molar-refractivity contribution in [2.45, 2.75) is 24.8 Å². The second kappa shape index (κ2) is 4.94. The average Bonchev–Trinajstić information content (AvgIpc) is 2.99. The zero-order valence-electron chi connectivity index (χ0n) is 10.7. The summed E-state index contributed by atoms with van der Waals surface area (Å²) in [6.45, 7) is 1.11. The van der Waals surface area contributed by atoms with Crippen molar-refractivity contribution in [2.24, 2.45) is 7.05 Å². The Morgan fingerprint density at radius 2 is 2.17 bits per heavy atom. The van der Waals surface area contributed by atoms with Gasteiger partial charge in [0.05, 0.1) is 6.20 Å². The zero-order chi connectivity index (χ0) is 12.4. The Kier molecular flexibility index (Phi) is 3.15. The lowest BCUT2D eigenvalue weighted by Crippen LogP contribution is -2.28. The first-order valence-electron chi connectivity index (χ1n) is 6.59. The number of nitrogens with one attached hydrogen (secondary N) is 1. The van der Waals surface area contributed by atoms with Gasteiger partial charge in [0.1, 0.15) is 0 Å². The quantitative estimate of drug-likeness (QED) is 0.892. The third-order valence-corrected chi connectivity index (χ3v) is 3.80. The van der Waals surface area contributed by atoms with Crippen molar-refractivity contribution in [1.29, 1.82) is 0 Å². The van der Waals surface area contributed by atoms with Crippen LogP contribution in [0.15, 0.2) is 42.7 Å². The van der Waals surface area contributed by atoms with Gasteiger partial charge in [-0.05, 0) is 30.5 Å². The van der Waals surface area contributed by atoms with Gasteiger partial charge >= 0.3 is 0 Å². The minimum Gasteiger partial charge on any atom is -0.313 e. The fourth-order valence-electron chi connectivity index (χ4n) is 2.88. The van der Waals surface area contributed by atoms with Crippen molar-refractivity contribution in [3.05, 3.63) is 53.9 Å². The Balaban J connectivity index is 1.75. The van der Waals surface area contributed by atoms with E-state index in [1.165, 1.54) is 17.5 Å². The van der Waals surface area contributed by atoms with Crippen LogP contribution in [-0.2, 0) is 13.5 Å². The molecule has 1 saturated heterocycles. The van der Waals surface area contributed by atoms with Crippen LogP contribution in [0.25, 0.3) is 0 Å². The summed E-state index contributed by atoms with van der Waals surface area (Å²) in [6, 6.07) is 11.3. The molecule has 94 valence electrons. The molecule has 0 amide bonds. The number of hydrogen-bond acceptors (Lipinski definition) is 2. The summed E-state index contributed by atoms with van der Waals surface area (Å²) in [6.07, 6.45) is 6.47. The van der Waals surface area contributed by atoms with Gasteiger partial charge in [0.25, 0.3) is 0 Å². The number of benzene rings is 1. The van der Waals surface area contributed by atoms with Gasteiger partial charge in [-0.1, -0.05) is 30.3 Å². The molecule has 2 heterocycles. The van der Waals surface area contributed by atoms with Gasteiger partial charge in [-0.2, -0.15) is 5.10 Å². The van der Waals surface area contributed by atoms with E-state index in [9.17, 15) is 0 Å². The second-order valence-electron chi connectivity index (χ2n) is 5.09. The minimum absolute atomic E-state index is 0.539. The zero-order valence-corrected chi connectivity index (χ0v) is 10.7. The Bertz CT molecular complexity index is 503. The molecule has 0 aliphatic carbocycles. The molecule has 18 heavy (non-hydrogen) atoms. The predicted molar refractivity (Wildman–Crippen MR) is 72.5 cm³/mol. The highest BCUT2D eigenvalue weighted by atomic mass is 15.2. The molecule has 0 radical (unpaired) electrons. The van der Waals surface area contributed by atoms with Crippen LogP contribution in [-0.4, -0.2) is 22.4 Å². The van der Waals surface area contributed by atoms with Crippen molar-refractivity contribution < 1.29 is 0 Å². The predicted octanol–water partition coefficient (Wildman–Crippen LogP) is 2.11. The van der Waals surface area contributed by atoms with Gasteiger partial charge in [-0.3, -0.25) is 4.68 Å². The van der Waals surface area contributed by atoms with Crippen molar-refractivity contribution in [3.63, 3.8) is 0 Å². The molecule has 2 atom stereocenters. The Labute approximate surface area is 108 Å². The smallest absolute Gasteiger partial charge is 0.0525 e. The molecule has 1 aliphatic heterocycles. The van der Waals surface area contributed by atoms with Crippen LogP contribution in [0.3, 0.4) is 0 Å². The van der Waals surface area contributed by atoms with E-state index in [1.807, 2.05) is 17.9 Å². The fraction of sp³-hybridized carbons (Fsp3) is 0.400. The van der Waals surface area contributed by atoms with Crippen molar-refractivity contribution >= 4 is 0 Å². The molecular weight excluding hydrogens is 222 g/mol. The third-order valence-electron chi connectivity index (χ3n) is 3.80. The van der Waals surface area contributed by atoms with E-state index in [0.29, 0.717) is 12.0 Å². The van der Waals surface area contributed by atoms with Crippen LogP contribution in [0, 0.1) is 0 Å². The van der Waals surface area contributed by atoms with E-state index in [0.717, 1.165) is 13.0 Å². The lowest BCUT2D eigenvalue weighted by atomic mass is 9.90. The van der Waals surface area contributed by atoms with Crippen molar-refractivity contribution in [3.8, 4) is 0 Å². The Morgan fingerprint density at radius 1 is 1.33 bits per heavy atom. The van der Waals surface area contributed by atoms with E-state index in [2.05, 4.69) is 46.9 Å². The van der Waals surface area contributed by atoms with E-state index >= 15 is 0 Å². The Hall–Kier alpha value is -1.61. The maximum atomic E-state index is 4.29. The highest BCUT2D eigenvalue weighted by Gasteiger charge is 2.28. The standard InChI is InChI=1S/C15H19N3/c1-18-11-13(10-17-18)14-7-8-16-15(14)9-12-5-3-2-4-6-12/h2-6,10-11,14-16H,7-9H2,1H3. The first kappa shape index (κ1) is 11.5. The Morgan fingerprint density at radius 3 is 2.89 bits per heavy atom. The molecule has 0 spiro atoms. The van der Waals surface area contributed by atoms with Gasteiger partial charge in [-0.15, -0.1) is 0 Å². The molecule has 3 nitrogen and oxygen atoms in total. The molecule has 2 unspecified atom stereocenters. The molecule has 3 rings (SSSR count). The normalized spacial score (nSPS) is 23.4. The SMILES string of the molecule is Cn1cc(C2CCNC2Cc2ccccc2)cn1. The van der Waals surface area contributed by atoms with Crippen LogP contribution in [0.4, 0.5) is 0 Å². The van der Waals surface area contributed by atoms with Crippen LogP contribution >= 0.6 is 0 Å². The van der Waals surface area contributed by atoms with E-state index in [1.54, 1.807) is 0 Å². The summed E-state index contributed by atoms with van der Waals surface area (Å²) in [5.74, 6) is 0.596. The molecule has 0 saturated carbocycles. The number of aryl methyl sites for hydroxylation is 1. The van der Waals surface area contributed by atoms with Crippen molar-refractivity contribution in [1.82, 2.24) is 15.1 Å². The molecule has 1 aliphatic rings. The number of aromatic nitrogens is 2. The summed E-state index contributed by atoms with van der Waals surface area (Å²) < 4.78 is 1.90. The van der Waals surface area contributed by atoms with Gasteiger partial charge in [-0.25, -0.2) is 0 Å². The molecule has 2 aromatic rings. The van der Waals surface area contributed by atoms with Crippen LogP contribution in [0.5, 0.6) is 0 Å². The highest BCUT2D eigenvalue weighted by Crippen LogP contribution is 2.29. The molecular formula is C15H19N3. The van der Waals surface area contributed by atoms with Crippen LogP contribution in [0.1, 0.15) is 23.5 Å². The highest BCUT2D eigenvalue weighted by molar-refractivity contribution is 5.21. The monoisotopic (exact) mass is 241 g/mol. The van der Waals surface area contributed by atoms with Crippen molar-refractivity contribution in [2.75, 3.05) is 6.54 Å². The average molecular weight is 241 g/mol. The van der Waals surface area contributed by atoms with E-state index in [4.69, 9.17) is 0 Å². The largest absolute Gasteiger partial charge is 0.313 e. The number of nitrogens with zero attached hydrogens (tertiary/aromatic N) is 2. The molecule has 1 aromatic heterocycles. The van der Waals surface area contributed by atoms with Gasteiger partial charge in [0.2, 0.25) is 0 Å². The minimum atomic E-state index is 0.539. The fourth-order valence-corrected chi connectivity index (χ4v) is 2.88. The summed E-state index contributed by atoms with van der Waals surface area (Å²) in [7, 11) is 1.98. The lowest BCUT2D eigenvalue weighted by Gasteiger charge is -2.18. The third kappa shape index (κ3) is 2.31. The van der Waals surface area contributed by atoms with Crippen LogP contribution < -0.4 is 5.32 Å². The first-order chi connectivity index (χ1) is 8.83. The van der Waals surface area contributed by atoms with Gasteiger partial charge in [0, 0.05) is 25.2 Å². The second-order valence-corrected chi connectivity index (χ2v) is 5.09. The van der Waals surface area contributed by atoms with Gasteiger partial charge < -0.3 is 5.32 Å². The van der Waals surface area contributed by atoms with Crippen LogP contribution in [0.2, 0.25) is 0 Å². The topological polar surface area (TPSA) is 29.9 Å². The number of rotatable bonds is 3. The summed E-state index contributed by atoms with van der Waals surface area (Å²) in [4.78, 5) is 0. The molecule has 1 N–H and O–H groups in total. The lowest BCUT2D eigenvalue weighted by molar-refractivity contribution is 0.544. The number of hydrogen-bond donors (Lipinski definition) is 1. The summed E-state index contributed by atoms with van der Waals surface area (Å²) >= 11 is 0. The first-order valence-corrected chi connectivity index (χ1v) is 6.59. The maximum Gasteiger partial charge on any atom is 0.0525 e. The summed E-state index contributed by atoms with van der Waals surface area (Å²) in [5, 5.41) is 7.92. The molecule has 1 fully saturated rings. The molecule has 1 aromatic carbocycles.